The Balaban J connectivity index is 1.44. The van der Waals surface area contributed by atoms with Gasteiger partial charge in [0.1, 0.15) is 18.1 Å². The molecule has 28 heavy (non-hydrogen) atoms. The second-order valence-electron chi connectivity index (χ2n) is 6.72. The second kappa shape index (κ2) is 8.16. The molecule has 3 aromatic rings. The molecular weight excluding hydrogens is 361 g/mol. The summed E-state index contributed by atoms with van der Waals surface area (Å²) in [5.41, 5.74) is 0.769. The van der Waals surface area contributed by atoms with Gasteiger partial charge >= 0.3 is 0 Å². The van der Waals surface area contributed by atoms with Crippen molar-refractivity contribution in [2.45, 2.75) is 25.3 Å². The van der Waals surface area contributed by atoms with Crippen LogP contribution in [0.5, 0.6) is 11.6 Å². The Kier molecular flexibility index (Phi) is 5.27. The number of hydrogen-bond donors (Lipinski definition) is 0. The molecule has 0 saturated carbocycles. The van der Waals surface area contributed by atoms with Gasteiger partial charge in [0.25, 0.3) is 0 Å². The summed E-state index contributed by atoms with van der Waals surface area (Å²) in [4.78, 5) is 23.1. The number of likely N-dealkylation sites (tertiary alicyclic amines) is 1. The van der Waals surface area contributed by atoms with Crippen molar-refractivity contribution in [2.75, 3.05) is 13.1 Å². The van der Waals surface area contributed by atoms with E-state index >= 15 is 0 Å². The van der Waals surface area contributed by atoms with Crippen molar-refractivity contribution < 1.29 is 13.9 Å². The zero-order valence-corrected chi connectivity index (χ0v) is 15.2. The lowest BCUT2D eigenvalue weighted by atomic mass is 9.95. The third kappa shape index (κ3) is 4.33. The number of aromatic nitrogens is 4. The van der Waals surface area contributed by atoms with E-state index in [-0.39, 0.29) is 24.2 Å². The van der Waals surface area contributed by atoms with E-state index in [9.17, 15) is 9.18 Å². The summed E-state index contributed by atoms with van der Waals surface area (Å²) in [7, 11) is 0. The van der Waals surface area contributed by atoms with Crippen molar-refractivity contribution in [1.82, 2.24) is 24.6 Å². The van der Waals surface area contributed by atoms with E-state index in [1.54, 1.807) is 41.5 Å². The van der Waals surface area contributed by atoms with Crippen LogP contribution in [0.15, 0.2) is 55.1 Å². The zero-order chi connectivity index (χ0) is 19.3. The highest BCUT2D eigenvalue weighted by Gasteiger charge is 2.26. The van der Waals surface area contributed by atoms with Gasteiger partial charge in [0.05, 0.1) is 11.9 Å². The largest absolute Gasteiger partial charge is 0.437 e. The maximum Gasteiger partial charge on any atom is 0.244 e. The van der Waals surface area contributed by atoms with Gasteiger partial charge in [-0.1, -0.05) is 6.07 Å². The topological polar surface area (TPSA) is 73.1 Å². The fourth-order valence-electron chi connectivity index (χ4n) is 3.34. The third-order valence-electron chi connectivity index (χ3n) is 4.70. The molecule has 0 aliphatic carbocycles. The van der Waals surface area contributed by atoms with Crippen LogP contribution in [0.3, 0.4) is 0 Å². The molecule has 1 aliphatic heterocycles. The molecule has 0 unspecified atom stereocenters. The zero-order valence-electron chi connectivity index (χ0n) is 15.2. The minimum Gasteiger partial charge on any atom is -0.437 e. The molecule has 144 valence electrons. The van der Waals surface area contributed by atoms with E-state index in [1.807, 2.05) is 4.90 Å². The van der Waals surface area contributed by atoms with Gasteiger partial charge in [-0.2, -0.15) is 5.10 Å². The minimum absolute atomic E-state index is 0.0357. The first kappa shape index (κ1) is 18.1. The van der Waals surface area contributed by atoms with Crippen LogP contribution in [-0.2, 0) is 11.3 Å². The highest BCUT2D eigenvalue weighted by atomic mass is 19.1. The van der Waals surface area contributed by atoms with Gasteiger partial charge in [0.2, 0.25) is 11.8 Å². The molecule has 8 heteroatoms. The maximum atomic E-state index is 13.3. The lowest BCUT2D eigenvalue weighted by Gasteiger charge is -2.32. The molecule has 4 rings (SSSR count). The minimum atomic E-state index is -0.375. The van der Waals surface area contributed by atoms with Crippen LogP contribution in [0, 0.1) is 5.82 Å². The van der Waals surface area contributed by atoms with Crippen LogP contribution in [0.4, 0.5) is 4.39 Å². The van der Waals surface area contributed by atoms with Gasteiger partial charge < -0.3 is 9.64 Å². The Hall–Kier alpha value is -3.29. The number of halogens is 1. The van der Waals surface area contributed by atoms with Crippen LogP contribution in [-0.4, -0.2) is 43.6 Å². The fourth-order valence-corrected chi connectivity index (χ4v) is 3.34. The Labute approximate surface area is 161 Å². The third-order valence-corrected chi connectivity index (χ3v) is 4.70. The lowest BCUT2D eigenvalue weighted by Crippen LogP contribution is -2.41. The molecule has 1 amide bonds. The van der Waals surface area contributed by atoms with Crippen LogP contribution < -0.4 is 4.74 Å². The van der Waals surface area contributed by atoms with Crippen molar-refractivity contribution in [2.24, 2.45) is 0 Å². The summed E-state index contributed by atoms with van der Waals surface area (Å²) < 4.78 is 20.6. The first-order chi connectivity index (χ1) is 13.7. The summed E-state index contributed by atoms with van der Waals surface area (Å²) in [6.45, 7) is 1.54. The van der Waals surface area contributed by atoms with Crippen molar-refractivity contribution in [3.8, 4) is 11.6 Å². The molecule has 0 N–H and O–H groups in total. The molecule has 2 aromatic heterocycles. The average Bonchev–Trinajstić information content (AvgIpc) is 3.21. The molecule has 1 aromatic carbocycles. The fraction of sp³-hybridized carbons (Fsp3) is 0.300. The number of hydrogen-bond acceptors (Lipinski definition) is 5. The van der Waals surface area contributed by atoms with Crippen molar-refractivity contribution in [3.63, 3.8) is 0 Å². The van der Waals surface area contributed by atoms with Crippen molar-refractivity contribution in [1.29, 1.82) is 0 Å². The predicted octanol–water partition coefficient (Wildman–Crippen LogP) is 3.01. The second-order valence-corrected chi connectivity index (χ2v) is 6.72. The Morgan fingerprint density at radius 3 is 3.04 bits per heavy atom. The monoisotopic (exact) mass is 381 g/mol. The molecular formula is C20H20FN5O2. The molecule has 7 nitrogen and oxygen atoms in total. The quantitative estimate of drug-likeness (QED) is 0.679. The SMILES string of the molecule is O=C(Cn1cccn1)N1CCC[C@@H](c2cncc(Oc3cccc(F)c3)n2)C1. The molecule has 0 spiro atoms. The summed E-state index contributed by atoms with van der Waals surface area (Å²) in [6.07, 6.45) is 8.45. The maximum absolute atomic E-state index is 13.3. The summed E-state index contributed by atoms with van der Waals surface area (Å²) >= 11 is 0. The molecule has 1 saturated heterocycles. The number of rotatable bonds is 5. The van der Waals surface area contributed by atoms with E-state index < -0.39 is 0 Å². The number of piperidine rings is 1. The smallest absolute Gasteiger partial charge is 0.244 e. The van der Waals surface area contributed by atoms with Crippen LogP contribution in [0.25, 0.3) is 0 Å². The summed E-state index contributed by atoms with van der Waals surface area (Å²) in [5.74, 6) is 0.418. The number of amides is 1. The highest BCUT2D eigenvalue weighted by Crippen LogP contribution is 2.27. The van der Waals surface area contributed by atoms with E-state index in [2.05, 4.69) is 15.1 Å². The molecule has 1 fully saturated rings. The first-order valence-electron chi connectivity index (χ1n) is 9.18. The van der Waals surface area contributed by atoms with Crippen LogP contribution in [0.1, 0.15) is 24.5 Å². The van der Waals surface area contributed by atoms with E-state index in [0.717, 1.165) is 25.1 Å². The number of nitrogens with zero attached hydrogens (tertiary/aromatic N) is 5. The van der Waals surface area contributed by atoms with Crippen LogP contribution in [0.2, 0.25) is 0 Å². The molecule has 3 heterocycles. The molecule has 1 aliphatic rings. The van der Waals surface area contributed by atoms with Gasteiger partial charge in [0.15, 0.2) is 0 Å². The van der Waals surface area contributed by atoms with Crippen LogP contribution >= 0.6 is 0 Å². The molecule has 1 atom stereocenters. The van der Waals surface area contributed by atoms with Gasteiger partial charge in [0, 0.05) is 43.7 Å². The number of ether oxygens (including phenoxy) is 1. The Morgan fingerprint density at radius 2 is 2.21 bits per heavy atom. The van der Waals surface area contributed by atoms with Crippen molar-refractivity contribution in [3.05, 3.63) is 66.6 Å². The first-order valence-corrected chi connectivity index (χ1v) is 9.18. The summed E-state index contributed by atoms with van der Waals surface area (Å²) in [6, 6.07) is 7.68. The molecule has 0 radical (unpaired) electrons. The van der Waals surface area contributed by atoms with Gasteiger partial charge in [-0.25, -0.2) is 9.37 Å². The lowest BCUT2D eigenvalue weighted by molar-refractivity contribution is -0.133. The number of benzene rings is 1. The van der Waals surface area contributed by atoms with Crippen molar-refractivity contribution >= 4 is 5.91 Å². The molecule has 0 bridgehead atoms. The average molecular weight is 381 g/mol. The van der Waals surface area contributed by atoms with Gasteiger partial charge in [-0.3, -0.25) is 14.5 Å². The standard InChI is InChI=1S/C20H20FN5O2/c21-16-5-1-6-17(10-16)28-19-12-22-11-18(24-19)15-4-2-8-25(13-15)20(27)14-26-9-3-7-23-26/h1,3,5-7,9-12,15H,2,4,8,13-14H2/t15-/m1/s1. The highest BCUT2D eigenvalue weighted by molar-refractivity contribution is 5.76. The number of carbonyl (C=O) groups excluding carboxylic acids is 1. The normalized spacial score (nSPS) is 16.8. The van der Waals surface area contributed by atoms with Gasteiger partial charge in [-0.05, 0) is 31.0 Å². The predicted molar refractivity (Wildman–Crippen MR) is 99.3 cm³/mol. The van der Waals surface area contributed by atoms with E-state index in [4.69, 9.17) is 4.74 Å². The van der Waals surface area contributed by atoms with Gasteiger partial charge in [-0.15, -0.1) is 0 Å². The Morgan fingerprint density at radius 1 is 1.29 bits per heavy atom. The summed E-state index contributed by atoms with van der Waals surface area (Å²) in [5, 5.41) is 4.09. The van der Waals surface area contributed by atoms with E-state index in [0.29, 0.717) is 18.2 Å². The number of carbonyl (C=O) groups is 1. The van der Waals surface area contributed by atoms with E-state index in [1.165, 1.54) is 18.3 Å². The Bertz CT molecular complexity index is 947.